The molecule has 0 saturated heterocycles. The van der Waals surface area contributed by atoms with Crippen molar-refractivity contribution in [2.45, 2.75) is 46.5 Å². The average Bonchev–Trinajstić information content (AvgIpc) is 3.34. The van der Waals surface area contributed by atoms with E-state index in [4.69, 9.17) is 0 Å². The van der Waals surface area contributed by atoms with Gasteiger partial charge < -0.3 is 25.5 Å². The summed E-state index contributed by atoms with van der Waals surface area (Å²) in [6.07, 6.45) is 7.40. The van der Waals surface area contributed by atoms with Crippen molar-refractivity contribution in [3.63, 3.8) is 0 Å². The summed E-state index contributed by atoms with van der Waals surface area (Å²) in [5.74, 6) is -3.83. The normalized spacial score (nSPS) is 39.3. The first-order valence-electron chi connectivity index (χ1n) is 10.9. The van der Waals surface area contributed by atoms with Crippen LogP contribution in [0.5, 0.6) is 0 Å². The highest BCUT2D eigenvalue weighted by atomic mass is 16.4. The van der Waals surface area contributed by atoms with E-state index in [2.05, 4.69) is 0 Å². The second-order valence-electron chi connectivity index (χ2n) is 9.85. The van der Waals surface area contributed by atoms with Crippen molar-refractivity contribution in [1.29, 1.82) is 0 Å². The lowest BCUT2D eigenvalue weighted by atomic mass is 9.48. The van der Waals surface area contributed by atoms with Gasteiger partial charge in [0.25, 0.3) is 0 Å². The van der Waals surface area contributed by atoms with E-state index in [0.29, 0.717) is 19.3 Å². The van der Waals surface area contributed by atoms with Gasteiger partial charge >= 0.3 is 17.9 Å². The van der Waals surface area contributed by atoms with E-state index < -0.39 is 46.7 Å². The number of carboxylic acids is 3. The quantitative estimate of drug-likeness (QED) is 0.355. The molecule has 3 fully saturated rings. The first-order valence-corrected chi connectivity index (χ1v) is 10.9. The van der Waals surface area contributed by atoms with Gasteiger partial charge in [0, 0.05) is 34.2 Å². The van der Waals surface area contributed by atoms with Gasteiger partial charge in [-0.1, -0.05) is 18.2 Å². The number of carbonyl (C=O) groups is 3. The van der Waals surface area contributed by atoms with Gasteiger partial charge in [-0.15, -0.1) is 0 Å². The lowest BCUT2D eigenvalue weighted by molar-refractivity contribution is -0.134. The summed E-state index contributed by atoms with van der Waals surface area (Å²) in [5, 5.41) is 50.1. The zero-order valence-corrected chi connectivity index (χ0v) is 18.7. The Hall–Kier alpha value is -2.45. The van der Waals surface area contributed by atoms with Crippen molar-refractivity contribution in [2.75, 3.05) is 13.2 Å². The maximum Gasteiger partial charge on any atom is 0.330 e. The van der Waals surface area contributed by atoms with Crippen LogP contribution >= 0.6 is 0 Å². The summed E-state index contributed by atoms with van der Waals surface area (Å²) in [5.41, 5.74) is -2.89. The van der Waals surface area contributed by atoms with Crippen LogP contribution in [0.1, 0.15) is 46.5 Å². The van der Waals surface area contributed by atoms with E-state index >= 15 is 0 Å². The summed E-state index contributed by atoms with van der Waals surface area (Å²) in [6, 6.07) is 0. The van der Waals surface area contributed by atoms with Crippen LogP contribution in [0, 0.1) is 34.0 Å². The largest absolute Gasteiger partial charge is 0.478 e. The maximum atomic E-state index is 11.9. The Bertz CT molecular complexity index is 930. The standard InChI is InChI=1S/C24H32O8/c1-13(19(27)28)7-22-5-4-16(10-22)18-6-17(11-25)23(12-26,8-14(2)20(29)30)24(18,22)9-15(3)21(31)32/h7-9,16-18,25-26H,4-6,10-12H2,1-3H3,(H,27,28)(H,29,30)(H,31,32). The van der Waals surface area contributed by atoms with E-state index in [1.54, 1.807) is 12.2 Å². The molecule has 3 saturated carbocycles. The molecule has 0 spiro atoms. The lowest BCUT2D eigenvalue weighted by Gasteiger charge is -2.55. The van der Waals surface area contributed by atoms with E-state index in [1.165, 1.54) is 26.8 Å². The van der Waals surface area contributed by atoms with Crippen LogP contribution in [-0.2, 0) is 14.4 Å². The molecule has 8 heteroatoms. The van der Waals surface area contributed by atoms with E-state index in [1.807, 2.05) is 0 Å². The topological polar surface area (TPSA) is 152 Å². The number of hydrogen-bond donors (Lipinski definition) is 5. The van der Waals surface area contributed by atoms with E-state index in [-0.39, 0.29) is 35.2 Å². The second kappa shape index (κ2) is 8.15. The molecule has 0 radical (unpaired) electrons. The number of aliphatic carboxylic acids is 3. The molecule has 3 rings (SSSR count). The van der Waals surface area contributed by atoms with Crippen LogP contribution in [0.25, 0.3) is 0 Å². The third kappa shape index (κ3) is 3.15. The zero-order valence-electron chi connectivity index (χ0n) is 18.7. The fourth-order valence-corrected chi connectivity index (χ4v) is 7.36. The molecule has 0 heterocycles. The van der Waals surface area contributed by atoms with E-state index in [9.17, 15) is 39.9 Å². The summed E-state index contributed by atoms with van der Waals surface area (Å²) >= 11 is 0. The van der Waals surface area contributed by atoms with Crippen molar-refractivity contribution >= 4 is 17.9 Å². The number of fused-ring (bicyclic) bond motifs is 5. The van der Waals surface area contributed by atoms with Gasteiger partial charge in [0.05, 0.1) is 6.61 Å². The summed E-state index contributed by atoms with van der Waals surface area (Å²) in [7, 11) is 0. The predicted octanol–water partition coefficient (Wildman–Crippen LogP) is 2.47. The van der Waals surface area contributed by atoms with Gasteiger partial charge in [-0.3, -0.25) is 0 Å². The summed E-state index contributed by atoms with van der Waals surface area (Å²) in [4.78, 5) is 35.4. The minimum atomic E-state index is -1.25. The van der Waals surface area contributed by atoms with E-state index in [0.717, 1.165) is 6.42 Å². The van der Waals surface area contributed by atoms with Gasteiger partial charge in [-0.2, -0.15) is 0 Å². The fourth-order valence-electron chi connectivity index (χ4n) is 7.36. The molecular formula is C24H32O8. The number of hydrogen-bond acceptors (Lipinski definition) is 5. The van der Waals surface area contributed by atoms with Crippen LogP contribution in [-0.4, -0.2) is 56.7 Å². The molecule has 32 heavy (non-hydrogen) atoms. The summed E-state index contributed by atoms with van der Waals surface area (Å²) in [6.45, 7) is 3.59. The van der Waals surface area contributed by atoms with Crippen molar-refractivity contribution in [2.24, 2.45) is 34.0 Å². The Labute approximate surface area is 187 Å². The molecule has 3 aliphatic carbocycles. The minimum Gasteiger partial charge on any atom is -0.478 e. The molecule has 6 unspecified atom stereocenters. The first kappa shape index (κ1) is 24.2. The zero-order chi connectivity index (χ0) is 24.1. The van der Waals surface area contributed by atoms with Gasteiger partial charge in [-0.25, -0.2) is 14.4 Å². The molecule has 0 aliphatic heterocycles. The van der Waals surface area contributed by atoms with Crippen molar-refractivity contribution in [3.05, 3.63) is 34.9 Å². The average molecular weight is 449 g/mol. The Morgan fingerprint density at radius 1 is 0.875 bits per heavy atom. The number of allylic oxidation sites excluding steroid dienone is 2. The number of aliphatic hydroxyl groups excluding tert-OH is 2. The number of aliphatic hydroxyl groups is 2. The van der Waals surface area contributed by atoms with Crippen molar-refractivity contribution < 1.29 is 39.9 Å². The molecular weight excluding hydrogens is 416 g/mol. The van der Waals surface area contributed by atoms with Crippen LogP contribution in [0.15, 0.2) is 34.9 Å². The smallest absolute Gasteiger partial charge is 0.330 e. The van der Waals surface area contributed by atoms with Gasteiger partial charge in [-0.05, 0) is 69.6 Å². The van der Waals surface area contributed by atoms with Crippen LogP contribution in [0.3, 0.4) is 0 Å². The first-order chi connectivity index (χ1) is 14.9. The molecule has 5 N–H and O–H groups in total. The van der Waals surface area contributed by atoms with Gasteiger partial charge in [0.1, 0.15) is 0 Å². The highest BCUT2D eigenvalue weighted by molar-refractivity contribution is 5.87. The molecule has 0 aromatic rings. The predicted molar refractivity (Wildman–Crippen MR) is 115 cm³/mol. The molecule has 0 aromatic heterocycles. The molecule has 6 atom stereocenters. The second-order valence-corrected chi connectivity index (χ2v) is 9.85. The van der Waals surface area contributed by atoms with Crippen LogP contribution < -0.4 is 0 Å². The van der Waals surface area contributed by atoms with Crippen molar-refractivity contribution in [1.82, 2.24) is 0 Å². The fraction of sp³-hybridized carbons (Fsp3) is 0.625. The SMILES string of the molecule is CC(=CC12CCC(C1)C1CC(CO)C(C=C(C)C(=O)O)(CO)C12C=C(C)C(=O)O)C(=O)O. The third-order valence-corrected chi connectivity index (χ3v) is 8.51. The Balaban J connectivity index is 2.44. The highest BCUT2D eigenvalue weighted by Gasteiger charge is 2.76. The molecule has 176 valence electrons. The van der Waals surface area contributed by atoms with Gasteiger partial charge in [0.15, 0.2) is 0 Å². The molecule has 3 aliphatic rings. The van der Waals surface area contributed by atoms with Crippen molar-refractivity contribution in [3.8, 4) is 0 Å². The minimum absolute atomic E-state index is 0.00392. The number of carboxylic acid groups (broad SMARTS) is 3. The monoisotopic (exact) mass is 448 g/mol. The Morgan fingerprint density at radius 2 is 1.41 bits per heavy atom. The Kier molecular flexibility index (Phi) is 6.17. The summed E-state index contributed by atoms with van der Waals surface area (Å²) < 4.78 is 0. The maximum absolute atomic E-state index is 11.9. The van der Waals surface area contributed by atoms with Crippen LogP contribution in [0.4, 0.5) is 0 Å². The molecule has 2 bridgehead atoms. The molecule has 0 aromatic carbocycles. The third-order valence-electron chi connectivity index (χ3n) is 8.51. The molecule has 0 amide bonds. The molecule has 8 nitrogen and oxygen atoms in total. The van der Waals surface area contributed by atoms with Gasteiger partial charge in [0.2, 0.25) is 0 Å². The Morgan fingerprint density at radius 3 is 1.91 bits per heavy atom. The lowest BCUT2D eigenvalue weighted by Crippen LogP contribution is -2.53. The number of rotatable bonds is 8. The van der Waals surface area contributed by atoms with Crippen LogP contribution in [0.2, 0.25) is 0 Å². The highest BCUT2D eigenvalue weighted by Crippen LogP contribution is 2.80.